The Kier molecular flexibility index (Phi) is 4.19. The Balaban J connectivity index is 1.93. The zero-order valence-corrected chi connectivity index (χ0v) is 14.0. The first kappa shape index (κ1) is 16.3. The van der Waals surface area contributed by atoms with Crippen LogP contribution in [0.15, 0.2) is 41.3 Å². The average Bonchev–Trinajstić information content (AvgIpc) is 3.01. The molecule has 6 nitrogen and oxygen atoms in total. The number of aryl methyl sites for hydroxylation is 2. The molecule has 3 N–H and O–H groups in total. The molecule has 0 saturated carbocycles. The minimum absolute atomic E-state index is 0.0225. The molecule has 1 aliphatic carbocycles. The van der Waals surface area contributed by atoms with Crippen molar-refractivity contribution in [3.63, 3.8) is 0 Å². The molecule has 0 aliphatic heterocycles. The molecule has 0 heterocycles. The molecule has 1 aliphatic rings. The monoisotopic (exact) mass is 346 g/mol. The smallest absolute Gasteiger partial charge is 0.261 e. The van der Waals surface area contributed by atoms with Gasteiger partial charge in [0.25, 0.3) is 15.9 Å². The van der Waals surface area contributed by atoms with E-state index in [9.17, 15) is 13.2 Å². The second-order valence-corrected chi connectivity index (χ2v) is 7.35. The van der Waals surface area contributed by atoms with Gasteiger partial charge >= 0.3 is 0 Å². The molecule has 0 unspecified atom stereocenters. The second kappa shape index (κ2) is 6.16. The summed E-state index contributed by atoms with van der Waals surface area (Å²) in [5.74, 6) is -0.514. The molecule has 126 valence electrons. The number of ether oxygens (including phenoxy) is 1. The number of methoxy groups -OCH3 is 1. The van der Waals surface area contributed by atoms with E-state index in [0.717, 1.165) is 19.3 Å². The van der Waals surface area contributed by atoms with Gasteiger partial charge in [-0.1, -0.05) is 6.07 Å². The fourth-order valence-electron chi connectivity index (χ4n) is 2.90. The Labute approximate surface area is 140 Å². The van der Waals surface area contributed by atoms with Crippen molar-refractivity contribution in [1.82, 2.24) is 0 Å². The standard InChI is InChI=1S/C17H18N2O4S/c1-23-16-8-7-14(10-15(16)17(18)20)24(21,22)19-13-6-5-11-3-2-4-12(11)9-13/h5-10,19H,2-4H2,1H3,(H2,18,20). The SMILES string of the molecule is COc1ccc(S(=O)(=O)Nc2ccc3c(c2)CCC3)cc1C(N)=O. The first-order chi connectivity index (χ1) is 11.4. The average molecular weight is 346 g/mol. The van der Waals surface area contributed by atoms with Crippen molar-refractivity contribution in [2.45, 2.75) is 24.2 Å². The van der Waals surface area contributed by atoms with E-state index in [1.165, 1.54) is 36.4 Å². The maximum absolute atomic E-state index is 12.6. The summed E-state index contributed by atoms with van der Waals surface area (Å²) < 4.78 is 32.7. The molecule has 0 aromatic heterocycles. The Morgan fingerprint density at radius 2 is 1.88 bits per heavy atom. The van der Waals surface area contributed by atoms with Crippen LogP contribution in [0, 0.1) is 0 Å². The predicted octanol–water partition coefficient (Wildman–Crippen LogP) is 2.08. The van der Waals surface area contributed by atoms with Gasteiger partial charge in [-0.25, -0.2) is 8.42 Å². The predicted molar refractivity (Wildman–Crippen MR) is 90.8 cm³/mol. The van der Waals surface area contributed by atoms with Gasteiger partial charge in [-0.2, -0.15) is 0 Å². The zero-order chi connectivity index (χ0) is 17.3. The third kappa shape index (κ3) is 3.07. The summed E-state index contributed by atoms with van der Waals surface area (Å²) in [7, 11) is -2.44. The highest BCUT2D eigenvalue weighted by Gasteiger charge is 2.20. The summed E-state index contributed by atoms with van der Waals surface area (Å²) >= 11 is 0. The molecule has 2 aromatic carbocycles. The summed E-state index contributed by atoms with van der Waals surface area (Å²) in [4.78, 5) is 11.4. The number of primary amides is 1. The normalized spacial score (nSPS) is 13.4. The van der Waals surface area contributed by atoms with E-state index in [0.29, 0.717) is 5.69 Å². The molecule has 0 fully saturated rings. The zero-order valence-electron chi connectivity index (χ0n) is 13.2. The van der Waals surface area contributed by atoms with Crippen LogP contribution in [0.3, 0.4) is 0 Å². The lowest BCUT2D eigenvalue weighted by Gasteiger charge is -2.12. The summed E-state index contributed by atoms with van der Waals surface area (Å²) in [5.41, 5.74) is 8.24. The van der Waals surface area contributed by atoms with Gasteiger partial charge in [0.05, 0.1) is 17.6 Å². The first-order valence-corrected chi connectivity index (χ1v) is 9.01. The van der Waals surface area contributed by atoms with Gasteiger partial charge in [-0.15, -0.1) is 0 Å². The van der Waals surface area contributed by atoms with Gasteiger partial charge < -0.3 is 10.5 Å². The number of amides is 1. The first-order valence-electron chi connectivity index (χ1n) is 7.53. The Bertz CT molecular complexity index is 907. The molecule has 0 saturated heterocycles. The van der Waals surface area contributed by atoms with E-state index in [1.807, 2.05) is 12.1 Å². The van der Waals surface area contributed by atoms with E-state index in [-0.39, 0.29) is 16.2 Å². The lowest BCUT2D eigenvalue weighted by molar-refractivity contribution is 0.0997. The number of nitrogens with two attached hydrogens (primary N) is 1. The Morgan fingerprint density at radius 3 is 2.58 bits per heavy atom. The van der Waals surface area contributed by atoms with Crippen molar-refractivity contribution in [3.8, 4) is 5.75 Å². The van der Waals surface area contributed by atoms with Gasteiger partial charge in [-0.05, 0) is 60.7 Å². The molecule has 2 aromatic rings. The molecule has 3 rings (SSSR count). The molecule has 7 heteroatoms. The molecule has 0 atom stereocenters. The molecule has 24 heavy (non-hydrogen) atoms. The van der Waals surface area contributed by atoms with Crippen molar-refractivity contribution in [3.05, 3.63) is 53.1 Å². The summed E-state index contributed by atoms with van der Waals surface area (Å²) in [5, 5.41) is 0. The molecule has 0 bridgehead atoms. The van der Waals surface area contributed by atoms with Crippen molar-refractivity contribution in [2.75, 3.05) is 11.8 Å². The number of carbonyl (C=O) groups excluding carboxylic acids is 1. The number of hydrogen-bond donors (Lipinski definition) is 2. The van der Waals surface area contributed by atoms with E-state index in [4.69, 9.17) is 10.5 Å². The van der Waals surface area contributed by atoms with E-state index in [2.05, 4.69) is 4.72 Å². The largest absolute Gasteiger partial charge is 0.496 e. The third-order valence-corrected chi connectivity index (χ3v) is 5.48. The topological polar surface area (TPSA) is 98.5 Å². The van der Waals surface area contributed by atoms with Gasteiger partial charge in [0.15, 0.2) is 0 Å². The van der Waals surface area contributed by atoms with Gasteiger partial charge in [0, 0.05) is 5.69 Å². The number of sulfonamides is 1. The summed E-state index contributed by atoms with van der Waals surface area (Å²) in [6, 6.07) is 9.57. The van der Waals surface area contributed by atoms with Crippen molar-refractivity contribution in [1.29, 1.82) is 0 Å². The number of carbonyl (C=O) groups is 1. The van der Waals surface area contributed by atoms with Gasteiger partial charge in [0.1, 0.15) is 5.75 Å². The maximum atomic E-state index is 12.6. The molecule has 0 spiro atoms. The lowest BCUT2D eigenvalue weighted by atomic mass is 10.1. The van der Waals surface area contributed by atoms with Gasteiger partial charge in [0.2, 0.25) is 0 Å². The van der Waals surface area contributed by atoms with Crippen LogP contribution < -0.4 is 15.2 Å². The van der Waals surface area contributed by atoms with Crippen LogP contribution in [0.1, 0.15) is 27.9 Å². The van der Waals surface area contributed by atoms with Crippen LogP contribution >= 0.6 is 0 Å². The molecular formula is C17H18N2O4S. The molecule has 1 amide bonds. The highest BCUT2D eigenvalue weighted by Crippen LogP contribution is 2.27. The number of fused-ring (bicyclic) bond motifs is 1. The quantitative estimate of drug-likeness (QED) is 0.866. The third-order valence-electron chi connectivity index (χ3n) is 4.10. The number of benzene rings is 2. The van der Waals surface area contributed by atoms with E-state index < -0.39 is 15.9 Å². The van der Waals surface area contributed by atoms with E-state index >= 15 is 0 Å². The highest BCUT2D eigenvalue weighted by molar-refractivity contribution is 7.92. The maximum Gasteiger partial charge on any atom is 0.261 e. The molecular weight excluding hydrogens is 328 g/mol. The lowest BCUT2D eigenvalue weighted by Crippen LogP contribution is -2.17. The van der Waals surface area contributed by atoms with E-state index in [1.54, 1.807) is 6.07 Å². The number of rotatable bonds is 5. The van der Waals surface area contributed by atoms with Crippen LogP contribution in [0.25, 0.3) is 0 Å². The van der Waals surface area contributed by atoms with Crippen LogP contribution in [0.2, 0.25) is 0 Å². The van der Waals surface area contributed by atoms with Gasteiger partial charge in [-0.3, -0.25) is 9.52 Å². The Hall–Kier alpha value is -2.54. The van der Waals surface area contributed by atoms with Crippen LogP contribution in [0.4, 0.5) is 5.69 Å². The van der Waals surface area contributed by atoms with Crippen LogP contribution in [0.5, 0.6) is 5.75 Å². The number of hydrogen-bond acceptors (Lipinski definition) is 4. The summed E-state index contributed by atoms with van der Waals surface area (Å²) in [6.07, 6.45) is 3.08. The minimum Gasteiger partial charge on any atom is -0.496 e. The fraction of sp³-hybridized carbons (Fsp3) is 0.235. The number of nitrogens with one attached hydrogen (secondary N) is 1. The van der Waals surface area contributed by atoms with Crippen molar-refractivity contribution in [2.24, 2.45) is 5.73 Å². The Morgan fingerprint density at radius 1 is 1.12 bits per heavy atom. The second-order valence-electron chi connectivity index (χ2n) is 5.67. The van der Waals surface area contributed by atoms with Crippen LogP contribution in [-0.2, 0) is 22.9 Å². The van der Waals surface area contributed by atoms with Crippen molar-refractivity contribution < 1.29 is 17.9 Å². The minimum atomic E-state index is -3.83. The fourth-order valence-corrected chi connectivity index (χ4v) is 3.97. The van der Waals surface area contributed by atoms with Crippen molar-refractivity contribution >= 4 is 21.6 Å². The van der Waals surface area contributed by atoms with Crippen LogP contribution in [-0.4, -0.2) is 21.4 Å². The molecule has 0 radical (unpaired) electrons. The summed E-state index contributed by atoms with van der Waals surface area (Å²) in [6.45, 7) is 0. The number of anilines is 1. The highest BCUT2D eigenvalue weighted by atomic mass is 32.2.